The molecular formula is C13H26N2O5. The van der Waals surface area contributed by atoms with E-state index in [4.69, 9.17) is 14.6 Å². The lowest BCUT2D eigenvalue weighted by Crippen LogP contribution is -2.50. The molecule has 1 N–H and O–H groups in total. The van der Waals surface area contributed by atoms with Crippen LogP contribution >= 0.6 is 0 Å². The molecule has 0 rings (SSSR count). The summed E-state index contributed by atoms with van der Waals surface area (Å²) in [5.41, 5.74) is 0. The van der Waals surface area contributed by atoms with Gasteiger partial charge in [0, 0.05) is 34.4 Å². The Kier molecular flexibility index (Phi) is 8.91. The Labute approximate surface area is 120 Å². The van der Waals surface area contributed by atoms with Gasteiger partial charge in [0.05, 0.1) is 25.2 Å². The molecule has 20 heavy (non-hydrogen) atoms. The standard InChI is InChI=1S/C13H26N2O5/c1-10(12(16)17)8-14(3)13(18)15(6-7-19-4)11(2)9-20-5/h10-11H,6-9H2,1-5H3,(H,16,17). The molecular weight excluding hydrogens is 264 g/mol. The van der Waals surface area contributed by atoms with E-state index in [2.05, 4.69) is 0 Å². The Hall–Kier alpha value is -1.34. The second-order valence-corrected chi connectivity index (χ2v) is 4.89. The van der Waals surface area contributed by atoms with Gasteiger partial charge in [0.1, 0.15) is 0 Å². The summed E-state index contributed by atoms with van der Waals surface area (Å²) in [4.78, 5) is 26.3. The molecule has 0 aliphatic carbocycles. The number of hydrogen-bond acceptors (Lipinski definition) is 4. The lowest BCUT2D eigenvalue weighted by Gasteiger charge is -2.33. The first-order valence-electron chi connectivity index (χ1n) is 6.57. The van der Waals surface area contributed by atoms with Gasteiger partial charge >= 0.3 is 12.0 Å². The highest BCUT2D eigenvalue weighted by atomic mass is 16.5. The SMILES string of the molecule is COCCN(C(=O)N(C)CC(C)C(=O)O)C(C)COC. The minimum atomic E-state index is -0.918. The number of hydrogen-bond donors (Lipinski definition) is 1. The predicted molar refractivity (Wildman–Crippen MR) is 74.7 cm³/mol. The third kappa shape index (κ3) is 6.21. The van der Waals surface area contributed by atoms with Crippen molar-refractivity contribution >= 4 is 12.0 Å². The Morgan fingerprint density at radius 2 is 1.80 bits per heavy atom. The number of methoxy groups -OCH3 is 2. The molecule has 7 nitrogen and oxygen atoms in total. The van der Waals surface area contributed by atoms with Gasteiger partial charge in [-0.25, -0.2) is 4.79 Å². The fourth-order valence-electron chi connectivity index (χ4n) is 1.81. The minimum Gasteiger partial charge on any atom is -0.481 e. The summed E-state index contributed by atoms with van der Waals surface area (Å²) >= 11 is 0. The highest BCUT2D eigenvalue weighted by molar-refractivity contribution is 5.76. The zero-order chi connectivity index (χ0) is 15.7. The number of carbonyl (C=O) groups excluding carboxylic acids is 1. The number of rotatable bonds is 9. The monoisotopic (exact) mass is 290 g/mol. The first-order valence-corrected chi connectivity index (χ1v) is 6.57. The number of aliphatic carboxylic acids is 1. The molecule has 2 unspecified atom stereocenters. The summed E-state index contributed by atoms with van der Waals surface area (Å²) in [7, 11) is 4.74. The second-order valence-electron chi connectivity index (χ2n) is 4.89. The van der Waals surface area contributed by atoms with E-state index in [9.17, 15) is 9.59 Å². The van der Waals surface area contributed by atoms with Crippen LogP contribution in [0, 0.1) is 5.92 Å². The van der Waals surface area contributed by atoms with E-state index in [0.717, 1.165) is 0 Å². The highest BCUT2D eigenvalue weighted by Crippen LogP contribution is 2.07. The molecule has 0 aliphatic heterocycles. The molecule has 7 heteroatoms. The zero-order valence-electron chi connectivity index (χ0n) is 13.0. The van der Waals surface area contributed by atoms with E-state index in [1.54, 1.807) is 33.1 Å². The van der Waals surface area contributed by atoms with E-state index in [-0.39, 0.29) is 18.6 Å². The van der Waals surface area contributed by atoms with Crippen molar-refractivity contribution < 1.29 is 24.2 Å². The molecule has 0 fully saturated rings. The summed E-state index contributed by atoms with van der Waals surface area (Å²) in [5, 5.41) is 8.89. The van der Waals surface area contributed by atoms with Crippen molar-refractivity contribution in [3.05, 3.63) is 0 Å². The highest BCUT2D eigenvalue weighted by Gasteiger charge is 2.25. The minimum absolute atomic E-state index is 0.106. The van der Waals surface area contributed by atoms with Gasteiger partial charge in [-0.05, 0) is 6.92 Å². The van der Waals surface area contributed by atoms with Crippen LogP contribution in [0.15, 0.2) is 0 Å². The number of amides is 2. The van der Waals surface area contributed by atoms with Gasteiger partial charge in [-0.1, -0.05) is 6.92 Å². The van der Waals surface area contributed by atoms with Gasteiger partial charge in [-0.2, -0.15) is 0 Å². The second kappa shape index (κ2) is 9.55. The van der Waals surface area contributed by atoms with Crippen LogP contribution in [0.2, 0.25) is 0 Å². The Balaban J connectivity index is 4.70. The lowest BCUT2D eigenvalue weighted by atomic mass is 10.2. The van der Waals surface area contributed by atoms with Crippen molar-refractivity contribution in [1.29, 1.82) is 0 Å². The molecule has 0 spiro atoms. The number of carbonyl (C=O) groups is 2. The molecule has 0 radical (unpaired) electrons. The van der Waals surface area contributed by atoms with Gasteiger partial charge in [0.15, 0.2) is 0 Å². The van der Waals surface area contributed by atoms with Crippen LogP contribution in [-0.2, 0) is 14.3 Å². The number of ether oxygens (including phenoxy) is 2. The molecule has 118 valence electrons. The summed E-state index contributed by atoms with van der Waals surface area (Å²) < 4.78 is 10.1. The lowest BCUT2D eigenvalue weighted by molar-refractivity contribution is -0.141. The number of carboxylic acids is 1. The number of carboxylic acid groups (broad SMARTS) is 1. The van der Waals surface area contributed by atoms with Crippen LogP contribution < -0.4 is 0 Å². The zero-order valence-corrected chi connectivity index (χ0v) is 13.0. The molecule has 0 saturated heterocycles. The van der Waals surface area contributed by atoms with E-state index < -0.39 is 11.9 Å². The van der Waals surface area contributed by atoms with E-state index in [1.807, 2.05) is 6.92 Å². The summed E-state index contributed by atoms with van der Waals surface area (Å²) in [5.74, 6) is -1.52. The molecule has 0 aromatic rings. The van der Waals surface area contributed by atoms with E-state index >= 15 is 0 Å². The first-order chi connectivity index (χ1) is 9.34. The van der Waals surface area contributed by atoms with Crippen LogP contribution in [0.25, 0.3) is 0 Å². The molecule has 0 aromatic carbocycles. The molecule has 0 saturated carbocycles. The smallest absolute Gasteiger partial charge is 0.320 e. The maximum absolute atomic E-state index is 12.4. The van der Waals surface area contributed by atoms with Crippen molar-refractivity contribution in [2.24, 2.45) is 5.92 Å². The van der Waals surface area contributed by atoms with Crippen LogP contribution in [0.5, 0.6) is 0 Å². The molecule has 2 atom stereocenters. The van der Waals surface area contributed by atoms with Gasteiger partial charge in [0.2, 0.25) is 0 Å². The van der Waals surface area contributed by atoms with Gasteiger partial charge in [-0.15, -0.1) is 0 Å². The quantitative estimate of drug-likeness (QED) is 0.677. The summed E-state index contributed by atoms with van der Waals surface area (Å²) in [6.45, 7) is 4.89. The largest absolute Gasteiger partial charge is 0.481 e. The number of nitrogens with zero attached hydrogens (tertiary/aromatic N) is 2. The van der Waals surface area contributed by atoms with Crippen molar-refractivity contribution in [2.45, 2.75) is 19.9 Å². The number of urea groups is 1. The average molecular weight is 290 g/mol. The maximum atomic E-state index is 12.4. The van der Waals surface area contributed by atoms with E-state index in [1.165, 1.54) is 4.90 Å². The van der Waals surface area contributed by atoms with Gasteiger partial charge in [-0.3, -0.25) is 4.79 Å². The van der Waals surface area contributed by atoms with E-state index in [0.29, 0.717) is 19.8 Å². The van der Waals surface area contributed by atoms with Crippen molar-refractivity contribution in [3.8, 4) is 0 Å². The Morgan fingerprint density at radius 1 is 1.20 bits per heavy atom. The molecule has 2 amide bonds. The topological polar surface area (TPSA) is 79.3 Å². The average Bonchev–Trinajstić information content (AvgIpc) is 2.38. The van der Waals surface area contributed by atoms with Crippen molar-refractivity contribution in [3.63, 3.8) is 0 Å². The maximum Gasteiger partial charge on any atom is 0.320 e. The predicted octanol–water partition coefficient (Wildman–Crippen LogP) is 0.742. The Bertz CT molecular complexity index is 311. The van der Waals surface area contributed by atoms with Crippen LogP contribution in [0.3, 0.4) is 0 Å². The molecule has 0 heterocycles. The van der Waals surface area contributed by atoms with Crippen LogP contribution in [-0.4, -0.2) is 80.5 Å². The fraction of sp³-hybridized carbons (Fsp3) is 0.846. The van der Waals surface area contributed by atoms with Gasteiger partial charge < -0.3 is 24.4 Å². The third-order valence-corrected chi connectivity index (χ3v) is 3.02. The first kappa shape index (κ1) is 18.7. The third-order valence-electron chi connectivity index (χ3n) is 3.02. The molecule has 0 bridgehead atoms. The van der Waals surface area contributed by atoms with Crippen LogP contribution in [0.4, 0.5) is 4.79 Å². The van der Waals surface area contributed by atoms with Crippen LogP contribution in [0.1, 0.15) is 13.8 Å². The summed E-state index contributed by atoms with van der Waals surface area (Å²) in [6, 6.07) is -0.329. The van der Waals surface area contributed by atoms with Crippen molar-refractivity contribution in [2.75, 3.05) is 47.6 Å². The molecule has 0 aliphatic rings. The fourth-order valence-corrected chi connectivity index (χ4v) is 1.81. The summed E-state index contributed by atoms with van der Waals surface area (Å²) in [6.07, 6.45) is 0. The normalized spacial score (nSPS) is 13.7. The Morgan fingerprint density at radius 3 is 2.25 bits per heavy atom. The molecule has 0 aromatic heterocycles. The van der Waals surface area contributed by atoms with Gasteiger partial charge in [0.25, 0.3) is 0 Å². The van der Waals surface area contributed by atoms with Crippen molar-refractivity contribution in [1.82, 2.24) is 9.80 Å².